The van der Waals surface area contributed by atoms with Crippen LogP contribution in [0.2, 0.25) is 0 Å². The zero-order valence-corrected chi connectivity index (χ0v) is 11.5. The van der Waals surface area contributed by atoms with Gasteiger partial charge in [-0.15, -0.1) is 0 Å². The number of carbonyl (C=O) groups excluding carboxylic acids is 2. The molecule has 0 fully saturated rings. The van der Waals surface area contributed by atoms with Gasteiger partial charge in [0.05, 0.1) is 0 Å². The van der Waals surface area contributed by atoms with Gasteiger partial charge in [0.2, 0.25) is 5.91 Å². The summed E-state index contributed by atoms with van der Waals surface area (Å²) >= 11 is 1.95. The molecule has 0 unspecified atom stereocenters. The van der Waals surface area contributed by atoms with Gasteiger partial charge >= 0.3 is 10.7 Å². The lowest BCUT2D eigenvalue weighted by atomic mass is 10.2. The first-order valence-electron chi connectivity index (χ1n) is 5.10. The molecule has 1 aromatic carbocycles. The molecule has 0 bridgehead atoms. The van der Waals surface area contributed by atoms with E-state index in [2.05, 4.69) is 10.1 Å². The summed E-state index contributed by atoms with van der Waals surface area (Å²) in [6, 6.07) is 5.83. The Hall–Kier alpha value is -1.54. The predicted octanol–water partition coefficient (Wildman–Crippen LogP) is 2.20. The maximum Gasteiger partial charge on any atom is 0.378 e. The highest BCUT2D eigenvalue weighted by Gasteiger charge is 2.34. The van der Waals surface area contributed by atoms with Gasteiger partial charge in [0.25, 0.3) is 0 Å². The number of hydrogen-bond donors (Lipinski definition) is 2. The summed E-state index contributed by atoms with van der Waals surface area (Å²) in [5, 5.41) is 4.49. The highest BCUT2D eigenvalue weighted by Crippen LogP contribution is 2.24. The zero-order valence-electron chi connectivity index (χ0n) is 9.88. The number of carbonyl (C=O) groups is 2. The van der Waals surface area contributed by atoms with Crippen molar-refractivity contribution >= 4 is 39.1 Å². The average molecular weight is 337 g/mol. The maximum atomic E-state index is 12.6. The second-order valence-electron chi connectivity index (χ2n) is 3.51. The number of anilines is 2. The molecule has 2 N–H and O–H groups in total. The van der Waals surface area contributed by atoms with Crippen molar-refractivity contribution in [2.75, 3.05) is 24.4 Å². The van der Waals surface area contributed by atoms with Crippen molar-refractivity contribution in [2.45, 2.75) is 4.83 Å². The highest BCUT2D eigenvalue weighted by atomic mass is 79.9. The Bertz CT molecular complexity index is 477. The second-order valence-corrected chi connectivity index (χ2v) is 4.51. The number of methoxy groups -OCH3 is 1. The third kappa shape index (κ3) is 5.31. The van der Waals surface area contributed by atoms with Gasteiger partial charge in [-0.1, -0.05) is 6.07 Å². The number of amides is 2. The Morgan fingerprint density at radius 2 is 1.89 bits per heavy atom. The summed E-state index contributed by atoms with van der Waals surface area (Å²) in [5.74, 6) is -1.88. The van der Waals surface area contributed by atoms with Crippen LogP contribution in [0.3, 0.4) is 0 Å². The van der Waals surface area contributed by atoms with Crippen LogP contribution in [0.25, 0.3) is 0 Å². The van der Waals surface area contributed by atoms with Crippen LogP contribution in [0.1, 0.15) is 0 Å². The summed E-state index contributed by atoms with van der Waals surface area (Å²) < 4.78 is 29.9. The minimum absolute atomic E-state index is 0.129. The third-order valence-corrected chi connectivity index (χ3v) is 2.30. The largest absolute Gasteiger partial charge is 0.378 e. The molecule has 0 aromatic heterocycles. The van der Waals surface area contributed by atoms with E-state index in [-0.39, 0.29) is 12.3 Å². The fourth-order valence-corrected chi connectivity index (χ4v) is 1.30. The van der Waals surface area contributed by atoms with Gasteiger partial charge in [-0.2, -0.15) is 8.78 Å². The first kappa shape index (κ1) is 15.5. The van der Waals surface area contributed by atoms with Crippen LogP contribution in [0, 0.1) is 0 Å². The minimum Gasteiger partial charge on any atom is -0.375 e. The molecule has 0 radical (unpaired) electrons. The van der Waals surface area contributed by atoms with Crippen molar-refractivity contribution in [2.24, 2.45) is 0 Å². The van der Waals surface area contributed by atoms with E-state index in [0.717, 1.165) is 0 Å². The molecule has 0 atom stereocenters. The molecule has 0 aliphatic rings. The SMILES string of the molecule is COCC(=O)Nc1cccc(NC(=O)C(F)(F)Br)c1. The van der Waals surface area contributed by atoms with E-state index < -0.39 is 16.6 Å². The number of nitrogens with one attached hydrogen (secondary N) is 2. The predicted molar refractivity (Wildman–Crippen MR) is 69.5 cm³/mol. The molecular formula is C11H11BrF2N2O3. The molecule has 0 aliphatic carbocycles. The normalized spacial score (nSPS) is 10.9. The number of ether oxygens (including phenoxy) is 1. The third-order valence-electron chi connectivity index (χ3n) is 1.94. The lowest BCUT2D eigenvalue weighted by Crippen LogP contribution is -2.28. The molecular weight excluding hydrogens is 326 g/mol. The molecule has 5 nitrogen and oxygen atoms in total. The fraction of sp³-hybridized carbons (Fsp3) is 0.273. The van der Waals surface area contributed by atoms with Crippen molar-refractivity contribution in [3.63, 3.8) is 0 Å². The molecule has 0 spiro atoms. The van der Waals surface area contributed by atoms with Crippen LogP contribution >= 0.6 is 15.9 Å². The lowest BCUT2D eigenvalue weighted by molar-refractivity contribution is -0.128. The van der Waals surface area contributed by atoms with Crippen LogP contribution in [-0.2, 0) is 14.3 Å². The smallest absolute Gasteiger partial charge is 0.375 e. The molecule has 1 aromatic rings. The Morgan fingerprint density at radius 1 is 1.32 bits per heavy atom. The van der Waals surface area contributed by atoms with Crippen LogP contribution in [-0.4, -0.2) is 30.4 Å². The van der Waals surface area contributed by atoms with Crippen molar-refractivity contribution in [1.29, 1.82) is 0 Å². The topological polar surface area (TPSA) is 67.4 Å². The van der Waals surface area contributed by atoms with Gasteiger partial charge < -0.3 is 15.4 Å². The van der Waals surface area contributed by atoms with Crippen LogP contribution < -0.4 is 10.6 Å². The summed E-state index contributed by atoms with van der Waals surface area (Å²) in [5.41, 5.74) is 0.497. The molecule has 8 heteroatoms. The number of alkyl halides is 3. The summed E-state index contributed by atoms with van der Waals surface area (Å²) in [4.78, 5) is 18.7. The second kappa shape index (κ2) is 6.58. The van der Waals surface area contributed by atoms with E-state index in [1.807, 2.05) is 21.2 Å². The molecule has 0 saturated carbocycles. The van der Waals surface area contributed by atoms with E-state index in [0.29, 0.717) is 5.69 Å². The number of benzene rings is 1. The molecule has 104 valence electrons. The highest BCUT2D eigenvalue weighted by molar-refractivity contribution is 9.10. The zero-order chi connectivity index (χ0) is 14.5. The molecule has 0 heterocycles. The maximum absolute atomic E-state index is 12.6. The molecule has 2 amide bonds. The van der Waals surface area contributed by atoms with Gasteiger partial charge in [0.1, 0.15) is 6.61 Å². The Kier molecular flexibility index (Phi) is 5.37. The standard InChI is InChI=1S/C11H11BrF2N2O3/c1-19-6-9(17)15-7-3-2-4-8(5-7)16-10(18)11(12,13)14/h2-5H,6H2,1H3,(H,15,17)(H,16,18). The van der Waals surface area contributed by atoms with E-state index in [1.165, 1.54) is 25.3 Å². The monoisotopic (exact) mass is 336 g/mol. The van der Waals surface area contributed by atoms with Crippen molar-refractivity contribution in [1.82, 2.24) is 0 Å². The van der Waals surface area contributed by atoms with Crippen LogP contribution in [0.4, 0.5) is 20.2 Å². The van der Waals surface area contributed by atoms with Crippen molar-refractivity contribution in [3.05, 3.63) is 24.3 Å². The fourth-order valence-electron chi connectivity index (χ4n) is 1.20. The van der Waals surface area contributed by atoms with E-state index in [9.17, 15) is 18.4 Å². The Balaban J connectivity index is 2.72. The summed E-state index contributed by atoms with van der Waals surface area (Å²) in [6.07, 6.45) is 0. The van der Waals surface area contributed by atoms with Gasteiger partial charge in [-0.3, -0.25) is 9.59 Å². The van der Waals surface area contributed by atoms with Crippen LogP contribution in [0.5, 0.6) is 0 Å². The van der Waals surface area contributed by atoms with Gasteiger partial charge in [0.15, 0.2) is 0 Å². The Labute approximate surface area is 116 Å². The molecule has 0 saturated heterocycles. The van der Waals surface area contributed by atoms with E-state index >= 15 is 0 Å². The summed E-state index contributed by atoms with van der Waals surface area (Å²) in [7, 11) is 1.37. The van der Waals surface area contributed by atoms with Crippen molar-refractivity contribution in [3.8, 4) is 0 Å². The molecule has 19 heavy (non-hydrogen) atoms. The quantitative estimate of drug-likeness (QED) is 0.810. The van der Waals surface area contributed by atoms with Crippen LogP contribution in [0.15, 0.2) is 24.3 Å². The summed E-state index contributed by atoms with van der Waals surface area (Å²) in [6.45, 7) is -0.129. The number of rotatable bonds is 5. The lowest BCUT2D eigenvalue weighted by Gasteiger charge is -2.11. The van der Waals surface area contributed by atoms with Gasteiger partial charge in [-0.25, -0.2) is 0 Å². The van der Waals surface area contributed by atoms with Gasteiger partial charge in [0, 0.05) is 34.4 Å². The van der Waals surface area contributed by atoms with E-state index in [4.69, 9.17) is 0 Å². The number of hydrogen-bond acceptors (Lipinski definition) is 3. The Morgan fingerprint density at radius 3 is 2.42 bits per heavy atom. The van der Waals surface area contributed by atoms with Crippen molar-refractivity contribution < 1.29 is 23.1 Å². The van der Waals surface area contributed by atoms with E-state index in [1.54, 1.807) is 6.07 Å². The van der Waals surface area contributed by atoms with Gasteiger partial charge in [-0.05, 0) is 18.2 Å². The first-order valence-corrected chi connectivity index (χ1v) is 5.89. The first-order chi connectivity index (χ1) is 8.82. The number of halogens is 3. The minimum atomic E-state index is -3.65. The average Bonchev–Trinajstić information content (AvgIpc) is 2.28. The molecule has 0 aliphatic heterocycles. The molecule has 1 rings (SSSR count).